The topological polar surface area (TPSA) is 42.2 Å². The van der Waals surface area contributed by atoms with Crippen molar-refractivity contribution in [2.45, 2.75) is 6.54 Å². The maximum absolute atomic E-state index is 10.4. The molecule has 1 aromatic heterocycles. The highest BCUT2D eigenvalue weighted by atomic mass is 127. The van der Waals surface area contributed by atoms with E-state index in [0.717, 1.165) is 9.86 Å². The van der Waals surface area contributed by atoms with Crippen molar-refractivity contribution in [1.82, 2.24) is 4.57 Å². The third-order valence-corrected chi connectivity index (χ3v) is 1.95. The summed E-state index contributed by atoms with van der Waals surface area (Å²) in [4.78, 5) is 10.4. The molecule has 0 bridgehead atoms. The van der Waals surface area contributed by atoms with Gasteiger partial charge in [0.15, 0.2) is 6.29 Å². The normalized spacial score (nSPS) is 10.0. The first-order valence-corrected chi connectivity index (χ1v) is 4.27. The van der Waals surface area contributed by atoms with Crippen molar-refractivity contribution in [1.29, 1.82) is 0 Å². The third kappa shape index (κ3) is 2.03. The maximum Gasteiger partial charge on any atom is 0.166 e. The zero-order valence-electron chi connectivity index (χ0n) is 5.83. The number of carbonyl (C=O) groups is 1. The zero-order valence-corrected chi connectivity index (χ0v) is 7.98. The molecule has 1 heterocycles. The summed E-state index contributed by atoms with van der Waals surface area (Å²) in [6.07, 6.45) is 2.62. The van der Waals surface area contributed by atoms with E-state index in [9.17, 15) is 4.79 Å². The number of aliphatic hydroxyl groups excluding tert-OH is 1. The molecule has 1 N–H and O–H groups in total. The van der Waals surface area contributed by atoms with Crippen molar-refractivity contribution < 1.29 is 9.90 Å². The summed E-state index contributed by atoms with van der Waals surface area (Å²) in [6, 6.07) is 1.78. The Balaban J connectivity index is 2.92. The highest BCUT2D eigenvalue weighted by Crippen LogP contribution is 2.08. The van der Waals surface area contributed by atoms with Crippen LogP contribution >= 0.6 is 22.6 Å². The molecule has 0 amide bonds. The van der Waals surface area contributed by atoms with Gasteiger partial charge in [-0.15, -0.1) is 0 Å². The molecule has 0 saturated carbocycles. The highest BCUT2D eigenvalue weighted by Gasteiger charge is 2.00. The van der Waals surface area contributed by atoms with Crippen molar-refractivity contribution in [2.24, 2.45) is 0 Å². The average molecular weight is 265 g/mol. The monoisotopic (exact) mass is 265 g/mol. The minimum Gasteiger partial charge on any atom is -0.395 e. The quantitative estimate of drug-likeness (QED) is 0.651. The van der Waals surface area contributed by atoms with Crippen molar-refractivity contribution in [3.8, 4) is 0 Å². The summed E-state index contributed by atoms with van der Waals surface area (Å²) >= 11 is 2.13. The summed E-state index contributed by atoms with van der Waals surface area (Å²) < 4.78 is 2.74. The van der Waals surface area contributed by atoms with Gasteiger partial charge >= 0.3 is 0 Å². The molecule has 0 fully saturated rings. The standard InChI is InChI=1S/C7H8INO2/c8-6-3-7(5-11)9(4-6)1-2-10/h3-5,10H,1-2H2. The Labute approximate surface area is 78.2 Å². The van der Waals surface area contributed by atoms with Crippen LogP contribution in [-0.2, 0) is 6.54 Å². The molecular formula is C7H8INO2. The first-order valence-electron chi connectivity index (χ1n) is 3.19. The van der Waals surface area contributed by atoms with E-state index < -0.39 is 0 Å². The molecule has 0 atom stereocenters. The Morgan fingerprint density at radius 2 is 2.45 bits per heavy atom. The number of hydrogen-bond acceptors (Lipinski definition) is 2. The van der Waals surface area contributed by atoms with E-state index in [1.165, 1.54) is 0 Å². The van der Waals surface area contributed by atoms with E-state index in [4.69, 9.17) is 5.11 Å². The van der Waals surface area contributed by atoms with Gasteiger partial charge in [-0.3, -0.25) is 4.79 Å². The number of aliphatic hydroxyl groups is 1. The van der Waals surface area contributed by atoms with Gasteiger partial charge in [0.05, 0.1) is 12.3 Å². The van der Waals surface area contributed by atoms with Gasteiger partial charge in [-0.1, -0.05) is 0 Å². The summed E-state index contributed by atoms with van der Waals surface area (Å²) in [7, 11) is 0. The van der Waals surface area contributed by atoms with Crippen molar-refractivity contribution in [3.63, 3.8) is 0 Å². The molecule has 0 saturated heterocycles. The second-order valence-corrected chi connectivity index (χ2v) is 3.36. The number of aromatic nitrogens is 1. The Morgan fingerprint density at radius 3 is 3.00 bits per heavy atom. The predicted molar refractivity (Wildman–Crippen MR) is 49.6 cm³/mol. The molecule has 0 aliphatic rings. The van der Waals surface area contributed by atoms with Gasteiger partial charge in [-0.05, 0) is 28.7 Å². The van der Waals surface area contributed by atoms with Crippen LogP contribution in [0.2, 0.25) is 0 Å². The van der Waals surface area contributed by atoms with Crippen LogP contribution in [0.25, 0.3) is 0 Å². The lowest BCUT2D eigenvalue weighted by atomic mass is 10.5. The molecule has 0 radical (unpaired) electrons. The van der Waals surface area contributed by atoms with Gasteiger partial charge < -0.3 is 9.67 Å². The fraction of sp³-hybridized carbons (Fsp3) is 0.286. The van der Waals surface area contributed by atoms with Crippen LogP contribution in [0.15, 0.2) is 12.3 Å². The van der Waals surface area contributed by atoms with Gasteiger partial charge in [0.25, 0.3) is 0 Å². The van der Waals surface area contributed by atoms with Crippen LogP contribution < -0.4 is 0 Å². The summed E-state index contributed by atoms with van der Waals surface area (Å²) in [5, 5.41) is 8.61. The van der Waals surface area contributed by atoms with Gasteiger partial charge in [0.2, 0.25) is 0 Å². The predicted octanol–water partition coefficient (Wildman–Crippen LogP) is 0.897. The number of halogens is 1. The maximum atomic E-state index is 10.4. The minimum atomic E-state index is 0.0611. The number of nitrogens with zero attached hydrogens (tertiary/aromatic N) is 1. The fourth-order valence-electron chi connectivity index (χ4n) is 0.888. The molecule has 0 aromatic carbocycles. The molecule has 0 aliphatic heterocycles. The number of carbonyl (C=O) groups excluding carboxylic acids is 1. The van der Waals surface area contributed by atoms with Crippen molar-refractivity contribution in [3.05, 3.63) is 21.5 Å². The largest absolute Gasteiger partial charge is 0.395 e. The lowest BCUT2D eigenvalue weighted by molar-refractivity contribution is 0.111. The smallest absolute Gasteiger partial charge is 0.166 e. The molecular weight excluding hydrogens is 257 g/mol. The molecule has 1 aromatic rings. The van der Waals surface area contributed by atoms with E-state index >= 15 is 0 Å². The summed E-state index contributed by atoms with van der Waals surface area (Å²) in [5.41, 5.74) is 0.614. The SMILES string of the molecule is O=Cc1cc(I)cn1CCO. The van der Waals surface area contributed by atoms with E-state index in [-0.39, 0.29) is 6.61 Å². The van der Waals surface area contributed by atoms with E-state index in [1.54, 1.807) is 10.6 Å². The number of aldehydes is 1. The summed E-state index contributed by atoms with van der Waals surface area (Å²) in [5.74, 6) is 0. The first-order chi connectivity index (χ1) is 5.27. The lowest BCUT2D eigenvalue weighted by Crippen LogP contribution is -2.03. The fourth-order valence-corrected chi connectivity index (χ4v) is 1.54. The Morgan fingerprint density at radius 1 is 1.73 bits per heavy atom. The molecule has 3 nitrogen and oxygen atoms in total. The Kier molecular flexibility index (Phi) is 3.07. The average Bonchev–Trinajstić information content (AvgIpc) is 2.32. The second-order valence-electron chi connectivity index (χ2n) is 2.12. The van der Waals surface area contributed by atoms with E-state index in [1.807, 2.05) is 6.20 Å². The van der Waals surface area contributed by atoms with Crippen molar-refractivity contribution in [2.75, 3.05) is 6.61 Å². The van der Waals surface area contributed by atoms with Gasteiger partial charge in [0, 0.05) is 16.3 Å². The lowest BCUT2D eigenvalue weighted by Gasteiger charge is -1.99. The molecule has 1 rings (SSSR count). The number of hydrogen-bond donors (Lipinski definition) is 1. The van der Waals surface area contributed by atoms with Gasteiger partial charge in [-0.2, -0.15) is 0 Å². The van der Waals surface area contributed by atoms with E-state index in [2.05, 4.69) is 22.6 Å². The Bertz CT molecular complexity index is 257. The molecule has 4 heteroatoms. The third-order valence-electron chi connectivity index (χ3n) is 1.36. The van der Waals surface area contributed by atoms with Gasteiger partial charge in [0.1, 0.15) is 0 Å². The molecule has 0 unspecified atom stereocenters. The Hall–Kier alpha value is -0.360. The van der Waals surface area contributed by atoms with Crippen LogP contribution in [0, 0.1) is 3.57 Å². The van der Waals surface area contributed by atoms with E-state index in [0.29, 0.717) is 12.2 Å². The van der Waals surface area contributed by atoms with Crippen LogP contribution in [-0.4, -0.2) is 22.6 Å². The van der Waals surface area contributed by atoms with Gasteiger partial charge in [-0.25, -0.2) is 0 Å². The number of rotatable bonds is 3. The molecule has 0 spiro atoms. The van der Waals surface area contributed by atoms with Crippen LogP contribution in [0.1, 0.15) is 10.5 Å². The second kappa shape index (κ2) is 3.87. The zero-order chi connectivity index (χ0) is 8.27. The van der Waals surface area contributed by atoms with Crippen molar-refractivity contribution >= 4 is 28.9 Å². The minimum absolute atomic E-state index is 0.0611. The van der Waals surface area contributed by atoms with Crippen LogP contribution in [0.4, 0.5) is 0 Å². The molecule has 0 aliphatic carbocycles. The molecule has 11 heavy (non-hydrogen) atoms. The first kappa shape index (κ1) is 8.73. The van der Waals surface area contributed by atoms with Crippen LogP contribution in [0.3, 0.4) is 0 Å². The van der Waals surface area contributed by atoms with Crippen LogP contribution in [0.5, 0.6) is 0 Å². The highest BCUT2D eigenvalue weighted by molar-refractivity contribution is 14.1. The summed E-state index contributed by atoms with van der Waals surface area (Å²) in [6.45, 7) is 0.544. The molecule has 60 valence electrons.